The van der Waals surface area contributed by atoms with E-state index in [1.807, 2.05) is 11.8 Å². The van der Waals surface area contributed by atoms with Crippen LogP contribution in [0.25, 0.3) is 0 Å². The van der Waals surface area contributed by atoms with Crippen LogP contribution in [0.3, 0.4) is 0 Å². The Morgan fingerprint density at radius 1 is 1.45 bits per heavy atom. The molecule has 2 fully saturated rings. The highest BCUT2D eigenvalue weighted by Crippen LogP contribution is 2.25. The number of hydrogen-bond acceptors (Lipinski definition) is 3. The van der Waals surface area contributed by atoms with Gasteiger partial charge in [0.1, 0.15) is 0 Å². The van der Waals surface area contributed by atoms with E-state index in [9.17, 15) is 9.59 Å². The first-order valence-electron chi connectivity index (χ1n) is 7.60. The van der Waals surface area contributed by atoms with Crippen LogP contribution in [0, 0.1) is 11.8 Å². The highest BCUT2D eigenvalue weighted by atomic mass is 16.5. The molecule has 114 valence electrons. The molecule has 5 heteroatoms. The van der Waals surface area contributed by atoms with Gasteiger partial charge in [-0.3, -0.25) is 9.59 Å². The van der Waals surface area contributed by atoms with Crippen molar-refractivity contribution in [2.24, 2.45) is 11.8 Å². The van der Waals surface area contributed by atoms with Crippen molar-refractivity contribution in [3.63, 3.8) is 0 Å². The van der Waals surface area contributed by atoms with Crippen molar-refractivity contribution in [3.8, 4) is 0 Å². The number of nitrogens with zero attached hydrogens (tertiary/aromatic N) is 2. The van der Waals surface area contributed by atoms with E-state index in [4.69, 9.17) is 4.74 Å². The number of methoxy groups -OCH3 is 1. The second kappa shape index (κ2) is 6.57. The van der Waals surface area contributed by atoms with E-state index >= 15 is 0 Å². The summed E-state index contributed by atoms with van der Waals surface area (Å²) in [5.41, 5.74) is 0. The molecule has 0 aromatic rings. The third-order valence-corrected chi connectivity index (χ3v) is 4.42. The van der Waals surface area contributed by atoms with E-state index < -0.39 is 0 Å². The predicted octanol–water partition coefficient (Wildman–Crippen LogP) is 1.13. The number of rotatable bonds is 4. The molecule has 0 aromatic carbocycles. The number of likely N-dealkylation sites (tertiary alicyclic amines) is 2. The number of carbonyl (C=O) groups excluding carboxylic acids is 2. The van der Waals surface area contributed by atoms with Crippen LogP contribution in [0.2, 0.25) is 0 Å². The van der Waals surface area contributed by atoms with Gasteiger partial charge >= 0.3 is 0 Å². The van der Waals surface area contributed by atoms with Crippen LogP contribution in [0.1, 0.15) is 33.1 Å². The first-order valence-corrected chi connectivity index (χ1v) is 7.60. The third kappa shape index (κ3) is 3.32. The lowest BCUT2D eigenvalue weighted by molar-refractivity contribution is -0.137. The van der Waals surface area contributed by atoms with Crippen LogP contribution in [0.4, 0.5) is 0 Å². The smallest absolute Gasteiger partial charge is 0.228 e. The van der Waals surface area contributed by atoms with Crippen LogP contribution in [0.15, 0.2) is 0 Å². The van der Waals surface area contributed by atoms with Gasteiger partial charge in [-0.05, 0) is 25.7 Å². The van der Waals surface area contributed by atoms with Gasteiger partial charge in [0, 0.05) is 33.2 Å². The fourth-order valence-electron chi connectivity index (χ4n) is 3.30. The van der Waals surface area contributed by atoms with Gasteiger partial charge in [-0.25, -0.2) is 0 Å². The molecule has 0 N–H and O–H groups in total. The first-order chi connectivity index (χ1) is 9.52. The van der Waals surface area contributed by atoms with Crippen LogP contribution in [-0.4, -0.2) is 61.0 Å². The summed E-state index contributed by atoms with van der Waals surface area (Å²) in [6, 6.07) is 0.0468. The Bertz CT molecular complexity index is 372. The van der Waals surface area contributed by atoms with Crippen molar-refractivity contribution in [1.82, 2.24) is 9.80 Å². The summed E-state index contributed by atoms with van der Waals surface area (Å²) in [4.78, 5) is 28.3. The molecule has 2 heterocycles. The number of hydrogen-bond donors (Lipinski definition) is 0. The molecule has 0 unspecified atom stereocenters. The number of ether oxygens (including phenoxy) is 1. The molecule has 2 amide bonds. The normalized spacial score (nSPS) is 28.9. The lowest BCUT2D eigenvalue weighted by atomic mass is 9.98. The molecule has 0 aliphatic carbocycles. The van der Waals surface area contributed by atoms with E-state index in [1.54, 1.807) is 12.0 Å². The summed E-state index contributed by atoms with van der Waals surface area (Å²) in [5.74, 6) is 0.662. The van der Waals surface area contributed by atoms with Crippen molar-refractivity contribution in [1.29, 1.82) is 0 Å². The fourth-order valence-corrected chi connectivity index (χ4v) is 3.30. The molecule has 0 aromatic heterocycles. The Morgan fingerprint density at radius 3 is 2.85 bits per heavy atom. The quantitative estimate of drug-likeness (QED) is 0.776. The van der Waals surface area contributed by atoms with E-state index in [0.29, 0.717) is 25.5 Å². The molecular weight excluding hydrogens is 256 g/mol. The fraction of sp³-hybridized carbons (Fsp3) is 0.867. The molecule has 2 rings (SSSR count). The predicted molar refractivity (Wildman–Crippen MR) is 76.1 cm³/mol. The van der Waals surface area contributed by atoms with Crippen molar-refractivity contribution in [2.75, 3.05) is 33.4 Å². The molecule has 5 nitrogen and oxygen atoms in total. The zero-order valence-corrected chi connectivity index (χ0v) is 12.8. The standard InChI is InChI=1S/C15H26N2O3/c1-11-5-4-6-16(8-11)15(19)13-7-14(18)17(9-13)12(2)10-20-3/h11-13H,4-10H2,1-3H3/t11-,12-,13+/m0/s1. The van der Waals surface area contributed by atoms with E-state index in [2.05, 4.69) is 6.92 Å². The van der Waals surface area contributed by atoms with Crippen LogP contribution >= 0.6 is 0 Å². The SMILES string of the molecule is COC[C@H](C)N1C[C@H](C(=O)N2CCC[C@H](C)C2)CC1=O. The molecule has 0 spiro atoms. The molecule has 3 atom stereocenters. The maximum absolute atomic E-state index is 12.5. The lowest BCUT2D eigenvalue weighted by Crippen LogP contribution is -2.43. The molecule has 2 aliphatic rings. The Kier molecular flexibility index (Phi) is 5.02. The summed E-state index contributed by atoms with van der Waals surface area (Å²) < 4.78 is 5.10. The largest absolute Gasteiger partial charge is 0.383 e. The van der Waals surface area contributed by atoms with E-state index in [-0.39, 0.29) is 23.8 Å². The van der Waals surface area contributed by atoms with Crippen LogP contribution in [-0.2, 0) is 14.3 Å². The molecule has 2 aliphatic heterocycles. The van der Waals surface area contributed by atoms with Crippen molar-refractivity contribution < 1.29 is 14.3 Å². The highest BCUT2D eigenvalue weighted by Gasteiger charge is 2.38. The van der Waals surface area contributed by atoms with Gasteiger partial charge in [0.15, 0.2) is 0 Å². The molecule has 0 bridgehead atoms. The minimum Gasteiger partial charge on any atom is -0.383 e. The maximum Gasteiger partial charge on any atom is 0.228 e. The van der Waals surface area contributed by atoms with E-state index in [1.165, 1.54) is 6.42 Å². The molecular formula is C15H26N2O3. The molecule has 20 heavy (non-hydrogen) atoms. The Morgan fingerprint density at radius 2 is 2.20 bits per heavy atom. The number of carbonyl (C=O) groups is 2. The minimum atomic E-state index is -0.160. The lowest BCUT2D eigenvalue weighted by Gasteiger charge is -2.33. The summed E-state index contributed by atoms with van der Waals surface area (Å²) in [6.07, 6.45) is 2.64. The van der Waals surface area contributed by atoms with Crippen molar-refractivity contribution in [2.45, 2.75) is 39.2 Å². The molecule has 0 radical (unpaired) electrons. The Labute approximate surface area is 121 Å². The number of amides is 2. The summed E-state index contributed by atoms with van der Waals surface area (Å²) in [7, 11) is 1.63. The highest BCUT2D eigenvalue weighted by molar-refractivity contribution is 5.89. The van der Waals surface area contributed by atoms with Crippen LogP contribution < -0.4 is 0 Å². The van der Waals surface area contributed by atoms with Gasteiger partial charge in [0.2, 0.25) is 11.8 Å². The minimum absolute atomic E-state index is 0.0468. The second-order valence-corrected chi connectivity index (χ2v) is 6.28. The van der Waals surface area contributed by atoms with Gasteiger partial charge in [-0.2, -0.15) is 0 Å². The second-order valence-electron chi connectivity index (χ2n) is 6.28. The topological polar surface area (TPSA) is 49.9 Å². The average molecular weight is 282 g/mol. The number of piperidine rings is 1. The summed E-state index contributed by atoms with van der Waals surface area (Å²) in [5, 5.41) is 0. The Balaban J connectivity index is 1.93. The maximum atomic E-state index is 12.5. The van der Waals surface area contributed by atoms with Crippen molar-refractivity contribution in [3.05, 3.63) is 0 Å². The summed E-state index contributed by atoms with van der Waals surface area (Å²) >= 11 is 0. The first kappa shape index (κ1) is 15.3. The van der Waals surface area contributed by atoms with Gasteiger partial charge in [-0.15, -0.1) is 0 Å². The molecule has 0 saturated carbocycles. The van der Waals surface area contributed by atoms with Gasteiger partial charge in [-0.1, -0.05) is 6.92 Å². The van der Waals surface area contributed by atoms with Crippen LogP contribution in [0.5, 0.6) is 0 Å². The molecule has 2 saturated heterocycles. The average Bonchev–Trinajstić information content (AvgIpc) is 2.80. The van der Waals surface area contributed by atoms with E-state index in [0.717, 1.165) is 19.5 Å². The zero-order chi connectivity index (χ0) is 14.7. The van der Waals surface area contributed by atoms with Gasteiger partial charge in [0.25, 0.3) is 0 Å². The summed E-state index contributed by atoms with van der Waals surface area (Å²) in [6.45, 7) is 6.92. The van der Waals surface area contributed by atoms with Gasteiger partial charge < -0.3 is 14.5 Å². The van der Waals surface area contributed by atoms with Crippen molar-refractivity contribution >= 4 is 11.8 Å². The Hall–Kier alpha value is -1.10. The third-order valence-electron chi connectivity index (χ3n) is 4.42. The monoisotopic (exact) mass is 282 g/mol. The van der Waals surface area contributed by atoms with Gasteiger partial charge in [0.05, 0.1) is 18.6 Å². The zero-order valence-electron chi connectivity index (χ0n) is 12.8.